The maximum absolute atomic E-state index is 11.3. The molecule has 0 aliphatic carbocycles. The molecule has 1 aliphatic heterocycles. The molecular formula is C13H22N4O2. The molecule has 0 saturated carbocycles. The molecule has 1 fully saturated rings. The van der Waals surface area contributed by atoms with Crippen LogP contribution >= 0.6 is 0 Å². The Morgan fingerprint density at radius 3 is 2.89 bits per heavy atom. The number of hydrogen-bond donors (Lipinski definition) is 2. The molecule has 0 radical (unpaired) electrons. The number of amides is 1. The summed E-state index contributed by atoms with van der Waals surface area (Å²) in [5.74, 6) is 0.863. The second kappa shape index (κ2) is 5.61. The number of rotatable bonds is 5. The molecule has 0 spiro atoms. The van der Waals surface area contributed by atoms with E-state index in [0.29, 0.717) is 18.3 Å². The third-order valence-corrected chi connectivity index (χ3v) is 3.68. The van der Waals surface area contributed by atoms with Crippen molar-refractivity contribution in [3.05, 3.63) is 12.4 Å². The van der Waals surface area contributed by atoms with E-state index in [9.17, 15) is 4.79 Å². The Morgan fingerprint density at radius 2 is 2.26 bits per heavy atom. The van der Waals surface area contributed by atoms with Gasteiger partial charge in [-0.15, -0.1) is 0 Å². The molecule has 1 aliphatic rings. The number of piperidine rings is 1. The average Bonchev–Trinajstić information content (AvgIpc) is 2.87. The Kier molecular flexibility index (Phi) is 4.09. The second-order valence-electron chi connectivity index (χ2n) is 5.55. The number of nitrogens with zero attached hydrogens (tertiary/aromatic N) is 2. The highest BCUT2D eigenvalue weighted by Gasteiger charge is 2.28. The van der Waals surface area contributed by atoms with Gasteiger partial charge in [-0.2, -0.15) is 5.10 Å². The third kappa shape index (κ3) is 3.26. The fraction of sp³-hybridized carbons (Fsp3) is 0.692. The van der Waals surface area contributed by atoms with Gasteiger partial charge in [0.1, 0.15) is 5.54 Å². The fourth-order valence-corrected chi connectivity index (χ4v) is 2.06. The minimum Gasteiger partial charge on any atom is -0.490 e. The van der Waals surface area contributed by atoms with Crippen LogP contribution in [-0.4, -0.2) is 35.4 Å². The van der Waals surface area contributed by atoms with E-state index in [-0.39, 0.29) is 0 Å². The summed E-state index contributed by atoms with van der Waals surface area (Å²) in [5, 5.41) is 7.48. The van der Waals surface area contributed by atoms with E-state index in [0.717, 1.165) is 25.9 Å². The highest BCUT2D eigenvalue weighted by molar-refractivity contribution is 5.81. The minimum atomic E-state index is -0.837. The zero-order valence-electron chi connectivity index (χ0n) is 11.6. The second-order valence-corrected chi connectivity index (χ2v) is 5.55. The molecule has 0 unspecified atom stereocenters. The van der Waals surface area contributed by atoms with Crippen molar-refractivity contribution in [1.29, 1.82) is 0 Å². The molecule has 19 heavy (non-hydrogen) atoms. The summed E-state index contributed by atoms with van der Waals surface area (Å²) in [6, 6.07) is 0. The lowest BCUT2D eigenvalue weighted by atomic mass is 9.99. The van der Waals surface area contributed by atoms with Gasteiger partial charge in [-0.3, -0.25) is 9.48 Å². The van der Waals surface area contributed by atoms with Crippen LogP contribution in [0.3, 0.4) is 0 Å². The van der Waals surface area contributed by atoms with Crippen LogP contribution in [0.2, 0.25) is 0 Å². The van der Waals surface area contributed by atoms with Crippen molar-refractivity contribution in [2.24, 2.45) is 11.7 Å². The number of hydrogen-bond acceptors (Lipinski definition) is 4. The van der Waals surface area contributed by atoms with Gasteiger partial charge in [0.05, 0.1) is 19.0 Å². The van der Waals surface area contributed by atoms with Crippen LogP contribution < -0.4 is 15.8 Å². The van der Waals surface area contributed by atoms with Crippen molar-refractivity contribution in [2.75, 3.05) is 19.7 Å². The van der Waals surface area contributed by atoms with Crippen molar-refractivity contribution in [3.8, 4) is 5.75 Å². The van der Waals surface area contributed by atoms with Crippen LogP contribution in [0.4, 0.5) is 0 Å². The predicted octanol–water partition coefficient (Wildman–Crippen LogP) is 0.482. The van der Waals surface area contributed by atoms with E-state index in [2.05, 4.69) is 10.4 Å². The maximum Gasteiger partial charge on any atom is 0.244 e. The van der Waals surface area contributed by atoms with E-state index in [1.165, 1.54) is 0 Å². The highest BCUT2D eigenvalue weighted by Crippen LogP contribution is 2.19. The summed E-state index contributed by atoms with van der Waals surface area (Å²) in [5.41, 5.74) is 4.52. The van der Waals surface area contributed by atoms with Crippen LogP contribution in [0.15, 0.2) is 12.4 Å². The number of nitrogens with one attached hydrogen (secondary N) is 1. The summed E-state index contributed by atoms with van der Waals surface area (Å²) >= 11 is 0. The molecule has 0 atom stereocenters. The average molecular weight is 266 g/mol. The molecule has 0 aromatic carbocycles. The summed E-state index contributed by atoms with van der Waals surface area (Å²) in [6.45, 7) is 6.28. The van der Waals surface area contributed by atoms with Crippen LogP contribution in [0.25, 0.3) is 0 Å². The Morgan fingerprint density at radius 1 is 1.58 bits per heavy atom. The van der Waals surface area contributed by atoms with E-state index >= 15 is 0 Å². The molecule has 1 aromatic heterocycles. The SMILES string of the molecule is CC(C)(C(N)=O)n1cc(OCC2CCNCC2)cn1. The van der Waals surface area contributed by atoms with E-state index < -0.39 is 11.4 Å². The Bertz CT molecular complexity index is 436. The van der Waals surface area contributed by atoms with Gasteiger partial charge in [-0.1, -0.05) is 0 Å². The van der Waals surface area contributed by atoms with Gasteiger partial charge in [0.15, 0.2) is 5.75 Å². The van der Waals surface area contributed by atoms with Gasteiger partial charge in [0, 0.05) is 0 Å². The summed E-state index contributed by atoms with van der Waals surface area (Å²) < 4.78 is 7.29. The van der Waals surface area contributed by atoms with E-state index in [4.69, 9.17) is 10.5 Å². The fourth-order valence-electron chi connectivity index (χ4n) is 2.06. The minimum absolute atomic E-state index is 0.416. The molecular weight excluding hydrogens is 244 g/mol. The first kappa shape index (κ1) is 13.9. The monoisotopic (exact) mass is 266 g/mol. The van der Waals surface area contributed by atoms with Crippen LogP contribution in [-0.2, 0) is 10.3 Å². The van der Waals surface area contributed by atoms with Crippen LogP contribution in [0.1, 0.15) is 26.7 Å². The molecule has 2 rings (SSSR count). The number of ether oxygens (including phenoxy) is 1. The lowest BCUT2D eigenvalue weighted by molar-refractivity contribution is -0.125. The van der Waals surface area contributed by atoms with E-state index in [1.54, 1.807) is 30.9 Å². The summed E-state index contributed by atoms with van der Waals surface area (Å²) in [4.78, 5) is 11.3. The van der Waals surface area contributed by atoms with Crippen molar-refractivity contribution >= 4 is 5.91 Å². The lowest BCUT2D eigenvalue weighted by Crippen LogP contribution is -2.41. The van der Waals surface area contributed by atoms with Gasteiger partial charge < -0.3 is 15.8 Å². The van der Waals surface area contributed by atoms with Crippen molar-refractivity contribution < 1.29 is 9.53 Å². The zero-order chi connectivity index (χ0) is 13.9. The first-order valence-corrected chi connectivity index (χ1v) is 6.68. The molecule has 2 heterocycles. The number of carbonyl (C=O) groups excluding carboxylic acids is 1. The van der Waals surface area contributed by atoms with E-state index in [1.807, 2.05) is 0 Å². The molecule has 6 nitrogen and oxygen atoms in total. The number of aromatic nitrogens is 2. The maximum atomic E-state index is 11.3. The summed E-state index contributed by atoms with van der Waals surface area (Å²) in [6.07, 6.45) is 5.64. The molecule has 6 heteroatoms. The molecule has 3 N–H and O–H groups in total. The first-order chi connectivity index (χ1) is 9.00. The third-order valence-electron chi connectivity index (χ3n) is 3.68. The highest BCUT2D eigenvalue weighted by atomic mass is 16.5. The molecule has 1 amide bonds. The van der Waals surface area contributed by atoms with Crippen LogP contribution in [0, 0.1) is 5.92 Å². The van der Waals surface area contributed by atoms with Gasteiger partial charge in [-0.25, -0.2) is 0 Å². The lowest BCUT2D eigenvalue weighted by Gasteiger charge is -2.22. The molecule has 1 saturated heterocycles. The quantitative estimate of drug-likeness (QED) is 0.812. The normalized spacial score (nSPS) is 17.4. The largest absolute Gasteiger partial charge is 0.490 e. The van der Waals surface area contributed by atoms with Gasteiger partial charge in [0.25, 0.3) is 0 Å². The smallest absolute Gasteiger partial charge is 0.244 e. The number of carbonyl (C=O) groups is 1. The topological polar surface area (TPSA) is 82.2 Å². The van der Waals surface area contributed by atoms with Crippen molar-refractivity contribution in [1.82, 2.24) is 15.1 Å². The first-order valence-electron chi connectivity index (χ1n) is 6.68. The van der Waals surface area contributed by atoms with Crippen molar-refractivity contribution in [2.45, 2.75) is 32.2 Å². The number of nitrogens with two attached hydrogens (primary N) is 1. The van der Waals surface area contributed by atoms with Gasteiger partial charge in [-0.05, 0) is 45.7 Å². The Labute approximate surface area is 113 Å². The molecule has 0 bridgehead atoms. The Balaban J connectivity index is 1.92. The predicted molar refractivity (Wildman–Crippen MR) is 71.8 cm³/mol. The summed E-state index contributed by atoms with van der Waals surface area (Å²) in [7, 11) is 0. The standard InChI is InChI=1S/C13H22N4O2/c1-13(2,12(14)18)17-8-11(7-16-17)19-9-10-3-5-15-6-4-10/h7-8,10,15H,3-6,9H2,1-2H3,(H2,14,18). The molecule has 106 valence electrons. The van der Waals surface area contributed by atoms with Crippen molar-refractivity contribution in [3.63, 3.8) is 0 Å². The van der Waals surface area contributed by atoms with Gasteiger partial charge >= 0.3 is 0 Å². The van der Waals surface area contributed by atoms with Crippen LogP contribution in [0.5, 0.6) is 5.75 Å². The molecule has 1 aromatic rings. The number of primary amides is 1. The van der Waals surface area contributed by atoms with Gasteiger partial charge in [0.2, 0.25) is 5.91 Å². The Hall–Kier alpha value is -1.56. The zero-order valence-corrected chi connectivity index (χ0v) is 11.6.